The van der Waals surface area contributed by atoms with Crippen molar-refractivity contribution < 1.29 is 10.0 Å². The third-order valence-corrected chi connectivity index (χ3v) is 3.67. The SMILES string of the molecule is Cc1ccc(SC(C)C(C)O)c([N+](=O)[O-])c1. The standard InChI is InChI=1S/C11H15NO3S/c1-7-4-5-11(10(6-7)12(14)15)16-9(3)8(2)13/h4-6,8-9,13H,1-3H3. The molecule has 16 heavy (non-hydrogen) atoms. The minimum Gasteiger partial charge on any atom is -0.392 e. The highest BCUT2D eigenvalue weighted by atomic mass is 32.2. The van der Waals surface area contributed by atoms with Gasteiger partial charge in [-0.05, 0) is 25.5 Å². The topological polar surface area (TPSA) is 63.4 Å². The summed E-state index contributed by atoms with van der Waals surface area (Å²) in [6.45, 7) is 5.34. The average Bonchev–Trinajstić information content (AvgIpc) is 2.20. The van der Waals surface area contributed by atoms with E-state index in [4.69, 9.17) is 0 Å². The summed E-state index contributed by atoms with van der Waals surface area (Å²) in [5, 5.41) is 20.2. The van der Waals surface area contributed by atoms with Crippen LogP contribution in [0.15, 0.2) is 23.1 Å². The van der Waals surface area contributed by atoms with Gasteiger partial charge in [-0.2, -0.15) is 0 Å². The second kappa shape index (κ2) is 5.32. The molecule has 0 heterocycles. The van der Waals surface area contributed by atoms with Gasteiger partial charge in [0, 0.05) is 11.3 Å². The summed E-state index contributed by atoms with van der Waals surface area (Å²) < 4.78 is 0. The van der Waals surface area contributed by atoms with E-state index in [9.17, 15) is 15.2 Å². The van der Waals surface area contributed by atoms with E-state index in [2.05, 4.69) is 0 Å². The lowest BCUT2D eigenvalue weighted by Crippen LogP contribution is -2.15. The highest BCUT2D eigenvalue weighted by molar-refractivity contribution is 8.00. The van der Waals surface area contributed by atoms with Gasteiger partial charge in [-0.3, -0.25) is 10.1 Å². The fourth-order valence-electron chi connectivity index (χ4n) is 1.17. The van der Waals surface area contributed by atoms with E-state index in [0.717, 1.165) is 5.56 Å². The molecule has 0 bridgehead atoms. The summed E-state index contributed by atoms with van der Waals surface area (Å²) in [6.07, 6.45) is -0.495. The summed E-state index contributed by atoms with van der Waals surface area (Å²) in [7, 11) is 0. The van der Waals surface area contributed by atoms with E-state index in [-0.39, 0.29) is 15.9 Å². The van der Waals surface area contributed by atoms with E-state index >= 15 is 0 Å². The van der Waals surface area contributed by atoms with E-state index in [1.807, 2.05) is 19.9 Å². The van der Waals surface area contributed by atoms with Crippen molar-refractivity contribution >= 4 is 17.4 Å². The van der Waals surface area contributed by atoms with Crippen LogP contribution in [0.4, 0.5) is 5.69 Å². The quantitative estimate of drug-likeness (QED) is 0.500. The molecule has 0 amide bonds. The van der Waals surface area contributed by atoms with Crippen molar-refractivity contribution in [2.45, 2.75) is 37.0 Å². The Morgan fingerprint density at radius 3 is 2.56 bits per heavy atom. The maximum atomic E-state index is 10.9. The zero-order chi connectivity index (χ0) is 12.3. The molecule has 1 aromatic carbocycles. The number of aliphatic hydroxyl groups is 1. The minimum atomic E-state index is -0.495. The normalized spacial score (nSPS) is 14.5. The molecule has 1 N–H and O–H groups in total. The van der Waals surface area contributed by atoms with Crippen molar-refractivity contribution in [1.82, 2.24) is 0 Å². The molecule has 5 heteroatoms. The van der Waals surface area contributed by atoms with Gasteiger partial charge in [-0.15, -0.1) is 11.8 Å². The van der Waals surface area contributed by atoms with Crippen molar-refractivity contribution in [3.63, 3.8) is 0 Å². The second-order valence-electron chi connectivity index (χ2n) is 3.79. The van der Waals surface area contributed by atoms with Crippen molar-refractivity contribution in [1.29, 1.82) is 0 Å². The Hall–Kier alpha value is -1.07. The van der Waals surface area contributed by atoms with Crippen LogP contribution >= 0.6 is 11.8 Å². The highest BCUT2D eigenvalue weighted by Gasteiger charge is 2.18. The van der Waals surface area contributed by atoms with Crippen molar-refractivity contribution in [2.75, 3.05) is 0 Å². The molecule has 1 rings (SSSR count). The zero-order valence-electron chi connectivity index (χ0n) is 9.51. The molecular weight excluding hydrogens is 226 g/mol. The summed E-state index contributed by atoms with van der Waals surface area (Å²) >= 11 is 1.32. The van der Waals surface area contributed by atoms with E-state index in [1.165, 1.54) is 11.8 Å². The predicted molar refractivity (Wildman–Crippen MR) is 64.8 cm³/mol. The summed E-state index contributed by atoms with van der Waals surface area (Å²) in [5.41, 5.74) is 0.971. The number of nitrogens with zero attached hydrogens (tertiary/aromatic N) is 1. The molecular formula is C11H15NO3S. The molecule has 4 nitrogen and oxygen atoms in total. The first-order valence-corrected chi connectivity index (χ1v) is 5.89. The minimum absolute atomic E-state index is 0.0681. The van der Waals surface area contributed by atoms with Gasteiger partial charge in [0.15, 0.2) is 0 Å². The fourth-order valence-corrected chi connectivity index (χ4v) is 2.17. The lowest BCUT2D eigenvalue weighted by Gasteiger charge is -2.14. The Morgan fingerprint density at radius 2 is 2.06 bits per heavy atom. The van der Waals surface area contributed by atoms with Crippen LogP contribution in [0.2, 0.25) is 0 Å². The van der Waals surface area contributed by atoms with Gasteiger partial charge < -0.3 is 5.11 Å². The third kappa shape index (κ3) is 3.21. The fraction of sp³-hybridized carbons (Fsp3) is 0.455. The molecule has 0 saturated carbocycles. The lowest BCUT2D eigenvalue weighted by atomic mass is 10.2. The zero-order valence-corrected chi connectivity index (χ0v) is 10.3. The van der Waals surface area contributed by atoms with Gasteiger partial charge in [-0.25, -0.2) is 0 Å². The van der Waals surface area contributed by atoms with Crippen LogP contribution in [0, 0.1) is 17.0 Å². The Labute approximate surface area is 98.8 Å². The molecule has 0 aliphatic heterocycles. The Kier molecular flexibility index (Phi) is 4.32. The number of hydrogen-bond acceptors (Lipinski definition) is 4. The Balaban J connectivity index is 2.99. The highest BCUT2D eigenvalue weighted by Crippen LogP contribution is 2.33. The van der Waals surface area contributed by atoms with E-state index < -0.39 is 6.10 Å². The second-order valence-corrected chi connectivity index (χ2v) is 5.21. The molecule has 1 aromatic rings. The number of aliphatic hydroxyl groups excluding tert-OH is 1. The van der Waals surface area contributed by atoms with Crippen LogP contribution in [0.5, 0.6) is 0 Å². The largest absolute Gasteiger partial charge is 0.392 e. The van der Waals surface area contributed by atoms with Gasteiger partial charge in [0.2, 0.25) is 0 Å². The maximum Gasteiger partial charge on any atom is 0.283 e. The van der Waals surface area contributed by atoms with Gasteiger partial charge in [0.05, 0.1) is 15.9 Å². The van der Waals surface area contributed by atoms with Crippen LogP contribution in [-0.2, 0) is 0 Å². The number of thioether (sulfide) groups is 1. The first-order valence-electron chi connectivity index (χ1n) is 5.01. The van der Waals surface area contributed by atoms with Gasteiger partial charge in [-0.1, -0.05) is 13.0 Å². The lowest BCUT2D eigenvalue weighted by molar-refractivity contribution is -0.387. The predicted octanol–water partition coefficient (Wildman–Crippen LogP) is 2.76. The van der Waals surface area contributed by atoms with Gasteiger partial charge >= 0.3 is 0 Å². The molecule has 88 valence electrons. The molecule has 2 unspecified atom stereocenters. The molecule has 0 spiro atoms. The van der Waals surface area contributed by atoms with Crippen LogP contribution in [0.25, 0.3) is 0 Å². The van der Waals surface area contributed by atoms with Crippen LogP contribution in [0.3, 0.4) is 0 Å². The van der Waals surface area contributed by atoms with Crippen molar-refractivity contribution in [3.05, 3.63) is 33.9 Å². The van der Waals surface area contributed by atoms with Crippen molar-refractivity contribution in [3.8, 4) is 0 Å². The van der Waals surface area contributed by atoms with E-state index in [1.54, 1.807) is 19.1 Å². The van der Waals surface area contributed by atoms with Gasteiger partial charge in [0.1, 0.15) is 0 Å². The summed E-state index contributed by atoms with van der Waals surface area (Å²) in [4.78, 5) is 11.1. The smallest absolute Gasteiger partial charge is 0.283 e. The maximum absolute atomic E-state index is 10.9. The number of aryl methyl sites for hydroxylation is 1. The van der Waals surface area contributed by atoms with Crippen molar-refractivity contribution in [2.24, 2.45) is 0 Å². The molecule has 0 aliphatic carbocycles. The molecule has 0 radical (unpaired) electrons. The molecule has 0 fully saturated rings. The van der Waals surface area contributed by atoms with E-state index in [0.29, 0.717) is 4.90 Å². The average molecular weight is 241 g/mol. The molecule has 0 aromatic heterocycles. The van der Waals surface area contributed by atoms with Gasteiger partial charge in [0.25, 0.3) is 5.69 Å². The van der Waals surface area contributed by atoms with Crippen LogP contribution in [-0.4, -0.2) is 21.4 Å². The van der Waals surface area contributed by atoms with Crippen LogP contribution in [0.1, 0.15) is 19.4 Å². The number of nitro groups is 1. The third-order valence-electron chi connectivity index (χ3n) is 2.30. The number of rotatable bonds is 4. The van der Waals surface area contributed by atoms with Crippen LogP contribution < -0.4 is 0 Å². The Morgan fingerprint density at radius 1 is 1.44 bits per heavy atom. The first kappa shape index (κ1) is 13.0. The molecule has 0 saturated heterocycles. The summed E-state index contributed by atoms with van der Waals surface area (Å²) in [6, 6.07) is 5.12. The number of hydrogen-bond donors (Lipinski definition) is 1. The number of nitro benzene ring substituents is 1. The molecule has 0 aliphatic rings. The Bertz CT molecular complexity index is 393. The first-order chi connectivity index (χ1) is 7.41. The molecule has 2 atom stereocenters. The number of benzene rings is 1. The monoisotopic (exact) mass is 241 g/mol. The summed E-state index contributed by atoms with van der Waals surface area (Å²) in [5.74, 6) is 0.